The summed E-state index contributed by atoms with van der Waals surface area (Å²) in [4.78, 5) is 11.7. The predicted octanol–water partition coefficient (Wildman–Crippen LogP) is 0.562. The van der Waals surface area contributed by atoms with Crippen molar-refractivity contribution in [2.45, 2.75) is 30.7 Å². The lowest BCUT2D eigenvalue weighted by Gasteiger charge is -2.42. The molecule has 0 amide bonds. The molecule has 0 bridgehead atoms. The summed E-state index contributed by atoms with van der Waals surface area (Å²) in [5.41, 5.74) is -1.37. The maximum atomic E-state index is 11.7. The molecule has 1 aromatic rings. The zero-order valence-electron chi connectivity index (χ0n) is 11.6. The molecule has 2 heterocycles. The van der Waals surface area contributed by atoms with Crippen molar-refractivity contribution in [3.63, 3.8) is 0 Å². The Morgan fingerprint density at radius 3 is 2.68 bits per heavy atom. The molecule has 22 heavy (non-hydrogen) atoms. The van der Waals surface area contributed by atoms with E-state index in [9.17, 15) is 25.2 Å². The first-order valence-electron chi connectivity index (χ1n) is 6.86. The minimum Gasteiger partial charge on any atom is -0.508 e. The lowest BCUT2D eigenvalue weighted by molar-refractivity contribution is -0.191. The monoisotopic (exact) mass is 308 g/mol. The lowest BCUT2D eigenvalue weighted by atomic mass is 9.83. The molecule has 0 saturated carbocycles. The molecule has 2 aliphatic rings. The number of carbonyl (C=O) groups is 1. The van der Waals surface area contributed by atoms with Gasteiger partial charge in [0.1, 0.15) is 17.2 Å². The average Bonchev–Trinajstić information content (AvgIpc) is 2.48. The van der Waals surface area contributed by atoms with Gasteiger partial charge in [-0.3, -0.25) is 0 Å². The molecular weight excluding hydrogens is 292 g/mol. The Hall–Kier alpha value is -2.25. The van der Waals surface area contributed by atoms with Gasteiger partial charge < -0.3 is 29.9 Å². The normalized spacial score (nSPS) is 30.4. The van der Waals surface area contributed by atoms with Gasteiger partial charge in [-0.05, 0) is 0 Å². The number of hydrogen-bond donors (Lipinski definition) is 4. The number of benzene rings is 1. The maximum Gasteiger partial charge on any atom is 0.340 e. The Morgan fingerprint density at radius 1 is 1.27 bits per heavy atom. The number of carboxylic acid groups (broad SMARTS) is 1. The molecule has 1 aromatic carbocycles. The van der Waals surface area contributed by atoms with Crippen molar-refractivity contribution in [3.8, 4) is 17.2 Å². The van der Waals surface area contributed by atoms with Gasteiger partial charge in [0.05, 0.1) is 12.7 Å². The van der Waals surface area contributed by atoms with E-state index in [1.54, 1.807) is 12.2 Å². The summed E-state index contributed by atoms with van der Waals surface area (Å²) in [7, 11) is 0. The minimum atomic E-state index is -1.70. The number of rotatable bonds is 2. The third-order valence-corrected chi connectivity index (χ3v) is 4.03. The van der Waals surface area contributed by atoms with Crippen LogP contribution in [0, 0.1) is 0 Å². The number of aliphatic carboxylic acids is 1. The third kappa shape index (κ3) is 2.18. The van der Waals surface area contributed by atoms with Crippen LogP contribution in [0.25, 0.3) is 0 Å². The highest BCUT2D eigenvalue weighted by molar-refractivity contribution is 5.79. The van der Waals surface area contributed by atoms with Gasteiger partial charge in [0.15, 0.2) is 6.10 Å². The molecule has 7 heteroatoms. The van der Waals surface area contributed by atoms with Crippen LogP contribution in [0.2, 0.25) is 0 Å². The zero-order valence-corrected chi connectivity index (χ0v) is 11.6. The fourth-order valence-electron chi connectivity index (χ4n) is 2.92. The van der Waals surface area contributed by atoms with Gasteiger partial charge in [-0.1, -0.05) is 12.2 Å². The number of ether oxygens (including phenoxy) is 2. The van der Waals surface area contributed by atoms with E-state index in [0.29, 0.717) is 5.56 Å². The largest absolute Gasteiger partial charge is 0.508 e. The first-order valence-corrected chi connectivity index (χ1v) is 6.86. The van der Waals surface area contributed by atoms with Gasteiger partial charge in [0.25, 0.3) is 0 Å². The van der Waals surface area contributed by atoms with Gasteiger partial charge in [-0.2, -0.15) is 0 Å². The summed E-state index contributed by atoms with van der Waals surface area (Å²) in [6.45, 7) is 0.108. The Morgan fingerprint density at radius 2 is 2.05 bits per heavy atom. The zero-order chi connectivity index (χ0) is 15.9. The second-order valence-electron chi connectivity index (χ2n) is 5.43. The van der Waals surface area contributed by atoms with E-state index >= 15 is 0 Å². The molecule has 2 aliphatic heterocycles. The third-order valence-electron chi connectivity index (χ3n) is 4.03. The maximum absolute atomic E-state index is 11.7. The van der Waals surface area contributed by atoms with E-state index in [-0.39, 0.29) is 36.7 Å². The smallest absolute Gasteiger partial charge is 0.340 e. The highest BCUT2D eigenvalue weighted by atomic mass is 16.6. The fraction of sp³-hybridized carbons (Fsp3) is 0.400. The second-order valence-corrected chi connectivity index (χ2v) is 5.43. The summed E-state index contributed by atoms with van der Waals surface area (Å²) >= 11 is 0. The Bertz CT molecular complexity index is 639. The van der Waals surface area contributed by atoms with Crippen LogP contribution in [-0.2, 0) is 16.0 Å². The van der Waals surface area contributed by atoms with Gasteiger partial charge in [0, 0.05) is 30.5 Å². The number of hydrogen-bond acceptors (Lipinski definition) is 6. The Balaban J connectivity index is 2.01. The van der Waals surface area contributed by atoms with Crippen molar-refractivity contribution in [2.75, 3.05) is 6.61 Å². The van der Waals surface area contributed by atoms with Crippen molar-refractivity contribution in [1.82, 2.24) is 0 Å². The van der Waals surface area contributed by atoms with Crippen molar-refractivity contribution >= 4 is 5.97 Å². The van der Waals surface area contributed by atoms with Crippen molar-refractivity contribution in [2.24, 2.45) is 0 Å². The summed E-state index contributed by atoms with van der Waals surface area (Å²) in [6.07, 6.45) is 1.12. The molecule has 7 nitrogen and oxygen atoms in total. The first kappa shape index (κ1) is 14.7. The van der Waals surface area contributed by atoms with E-state index < -0.39 is 23.8 Å². The number of aliphatic hydroxyl groups excluding tert-OH is 1. The van der Waals surface area contributed by atoms with Crippen LogP contribution < -0.4 is 4.74 Å². The van der Waals surface area contributed by atoms with Crippen LogP contribution in [0.3, 0.4) is 0 Å². The Kier molecular flexibility index (Phi) is 3.46. The minimum absolute atomic E-state index is 0.00815. The number of phenols is 2. The lowest BCUT2D eigenvalue weighted by Crippen LogP contribution is -2.61. The molecular formula is C15H16O7. The van der Waals surface area contributed by atoms with Crippen LogP contribution in [-0.4, -0.2) is 50.8 Å². The quantitative estimate of drug-likeness (QED) is 0.590. The summed E-state index contributed by atoms with van der Waals surface area (Å²) in [5, 5.41) is 39.2. The van der Waals surface area contributed by atoms with Crippen LogP contribution in [0.1, 0.15) is 12.0 Å². The molecule has 0 spiro atoms. The molecule has 1 unspecified atom stereocenters. The molecule has 0 aromatic heterocycles. The molecule has 118 valence electrons. The molecule has 3 rings (SSSR count). The predicted molar refractivity (Wildman–Crippen MR) is 74.0 cm³/mol. The SMILES string of the molecule is O=C(O)C1([C@@H]2Oc3cc(O)cc(O)c3C[C@H]2O)CC=CCO1. The second kappa shape index (κ2) is 5.19. The first-order chi connectivity index (χ1) is 10.4. The molecule has 3 atom stereocenters. The van der Waals surface area contributed by atoms with Crippen LogP contribution in [0.15, 0.2) is 24.3 Å². The highest BCUT2D eigenvalue weighted by Crippen LogP contribution is 2.41. The van der Waals surface area contributed by atoms with Crippen molar-refractivity contribution in [1.29, 1.82) is 0 Å². The van der Waals surface area contributed by atoms with Crippen LogP contribution >= 0.6 is 0 Å². The van der Waals surface area contributed by atoms with E-state index in [1.165, 1.54) is 6.07 Å². The molecule has 0 fully saturated rings. The Labute approximate surface area is 126 Å². The number of phenolic OH excluding ortho intramolecular Hbond substituents is 2. The molecule has 4 N–H and O–H groups in total. The highest BCUT2D eigenvalue weighted by Gasteiger charge is 2.54. The number of aromatic hydroxyl groups is 2. The topological polar surface area (TPSA) is 116 Å². The van der Waals surface area contributed by atoms with E-state index in [2.05, 4.69) is 0 Å². The van der Waals surface area contributed by atoms with Gasteiger partial charge in [0.2, 0.25) is 5.60 Å². The van der Waals surface area contributed by atoms with E-state index in [1.807, 2.05) is 0 Å². The van der Waals surface area contributed by atoms with E-state index in [0.717, 1.165) is 6.07 Å². The molecule has 0 aliphatic carbocycles. The number of aliphatic hydroxyl groups is 1. The van der Waals surface area contributed by atoms with Gasteiger partial charge in [-0.25, -0.2) is 4.79 Å². The van der Waals surface area contributed by atoms with Crippen LogP contribution in [0.5, 0.6) is 17.2 Å². The van der Waals surface area contributed by atoms with Gasteiger partial charge in [-0.15, -0.1) is 0 Å². The van der Waals surface area contributed by atoms with Crippen molar-refractivity contribution < 1.29 is 34.7 Å². The summed E-state index contributed by atoms with van der Waals surface area (Å²) in [6, 6.07) is 2.42. The van der Waals surface area contributed by atoms with Crippen LogP contribution in [0.4, 0.5) is 0 Å². The molecule has 0 radical (unpaired) electrons. The van der Waals surface area contributed by atoms with Gasteiger partial charge >= 0.3 is 5.97 Å². The van der Waals surface area contributed by atoms with E-state index in [4.69, 9.17) is 9.47 Å². The average molecular weight is 308 g/mol. The molecule has 0 saturated heterocycles. The van der Waals surface area contributed by atoms with Crippen molar-refractivity contribution in [3.05, 3.63) is 29.8 Å². The number of carboxylic acids is 1. The summed E-state index contributed by atoms with van der Waals surface area (Å²) in [5.74, 6) is -1.50. The fourth-order valence-corrected chi connectivity index (χ4v) is 2.92. The summed E-state index contributed by atoms with van der Waals surface area (Å²) < 4.78 is 11.0. The standard InChI is InChI=1S/C15H16O7/c16-8-5-10(17)9-7-11(18)13(22-12(9)6-8)15(14(19)20)3-1-2-4-21-15/h1-2,5-6,11,13,16-18H,3-4,7H2,(H,19,20)/t11-,13-,15?/m1/s1. The number of fused-ring (bicyclic) bond motifs is 1.